The third-order valence-corrected chi connectivity index (χ3v) is 4.83. The van der Waals surface area contributed by atoms with Gasteiger partial charge in [0.25, 0.3) is 0 Å². The van der Waals surface area contributed by atoms with Crippen molar-refractivity contribution in [1.29, 1.82) is 0 Å². The normalized spacial score (nSPS) is 12.8. The van der Waals surface area contributed by atoms with Crippen LogP contribution in [0.1, 0.15) is 35.0 Å². The van der Waals surface area contributed by atoms with Gasteiger partial charge in [-0.25, -0.2) is 0 Å². The highest BCUT2D eigenvalue weighted by atomic mass is 16.5. The molecule has 0 saturated heterocycles. The summed E-state index contributed by atoms with van der Waals surface area (Å²) in [6.07, 6.45) is 0.908. The van der Waals surface area contributed by atoms with Gasteiger partial charge < -0.3 is 15.4 Å². The van der Waals surface area contributed by atoms with Crippen molar-refractivity contribution in [3.05, 3.63) is 46.3 Å². The van der Waals surface area contributed by atoms with Gasteiger partial charge in [-0.3, -0.25) is 9.67 Å². The minimum Gasteiger partial charge on any atom is -0.491 e. The molecule has 1 unspecified atom stereocenters. The minimum absolute atomic E-state index is 0.248. The Morgan fingerprint density at radius 3 is 2.44 bits per heavy atom. The summed E-state index contributed by atoms with van der Waals surface area (Å²) in [4.78, 5) is 4.32. The molecule has 6 heteroatoms. The Kier molecular flexibility index (Phi) is 7.28. The monoisotopic (exact) mass is 371 g/mol. The average Bonchev–Trinajstić information content (AvgIpc) is 2.85. The maximum atomic E-state index is 5.94. The summed E-state index contributed by atoms with van der Waals surface area (Å²) in [5.74, 6) is 1.75. The Bertz CT molecular complexity index is 774. The van der Waals surface area contributed by atoms with Gasteiger partial charge in [-0.15, -0.1) is 0 Å². The van der Waals surface area contributed by atoms with E-state index in [9.17, 15) is 0 Å². The fourth-order valence-corrected chi connectivity index (χ4v) is 3.25. The molecule has 0 saturated carbocycles. The van der Waals surface area contributed by atoms with Gasteiger partial charge in [-0.2, -0.15) is 5.10 Å². The molecule has 0 bridgehead atoms. The Labute approximate surface area is 163 Å². The summed E-state index contributed by atoms with van der Waals surface area (Å²) in [5.41, 5.74) is 5.92. The van der Waals surface area contributed by atoms with E-state index in [0.29, 0.717) is 13.2 Å². The summed E-state index contributed by atoms with van der Waals surface area (Å²) >= 11 is 0. The van der Waals surface area contributed by atoms with E-state index in [1.165, 1.54) is 11.3 Å². The molecule has 0 amide bonds. The van der Waals surface area contributed by atoms with Crippen molar-refractivity contribution >= 4 is 5.96 Å². The lowest BCUT2D eigenvalue weighted by atomic mass is 10.1. The minimum atomic E-state index is 0.248. The van der Waals surface area contributed by atoms with Crippen LogP contribution in [0.3, 0.4) is 0 Å². The number of ether oxygens (including phenoxy) is 1. The van der Waals surface area contributed by atoms with Gasteiger partial charge in [0.2, 0.25) is 0 Å². The number of aromatic nitrogens is 2. The zero-order valence-corrected chi connectivity index (χ0v) is 17.7. The van der Waals surface area contributed by atoms with Crippen LogP contribution in [0.25, 0.3) is 0 Å². The molecule has 1 aromatic carbocycles. The molecule has 0 aliphatic rings. The molecule has 0 radical (unpaired) electrons. The molecule has 2 aromatic rings. The van der Waals surface area contributed by atoms with Crippen LogP contribution < -0.4 is 15.4 Å². The van der Waals surface area contributed by atoms with E-state index in [1.807, 2.05) is 11.7 Å². The summed E-state index contributed by atoms with van der Waals surface area (Å²) < 4.78 is 7.88. The molecular weight excluding hydrogens is 338 g/mol. The number of guanidine groups is 1. The van der Waals surface area contributed by atoms with E-state index in [4.69, 9.17) is 4.74 Å². The predicted molar refractivity (Wildman–Crippen MR) is 112 cm³/mol. The molecule has 6 nitrogen and oxygen atoms in total. The van der Waals surface area contributed by atoms with Crippen molar-refractivity contribution in [2.75, 3.05) is 20.2 Å². The zero-order valence-electron chi connectivity index (χ0n) is 17.7. The van der Waals surface area contributed by atoms with E-state index in [2.05, 4.69) is 73.5 Å². The van der Waals surface area contributed by atoms with Gasteiger partial charge in [0.1, 0.15) is 12.4 Å². The van der Waals surface area contributed by atoms with Crippen molar-refractivity contribution in [1.82, 2.24) is 20.4 Å². The van der Waals surface area contributed by atoms with Crippen molar-refractivity contribution in [2.45, 2.75) is 47.1 Å². The lowest BCUT2D eigenvalue weighted by Gasteiger charge is -2.19. The first-order valence-electron chi connectivity index (χ1n) is 9.48. The van der Waals surface area contributed by atoms with E-state index in [-0.39, 0.29) is 6.04 Å². The molecule has 0 aliphatic heterocycles. The molecule has 148 valence electrons. The van der Waals surface area contributed by atoms with Crippen LogP contribution in [-0.2, 0) is 13.5 Å². The summed E-state index contributed by atoms with van der Waals surface area (Å²) in [5, 5.41) is 11.3. The fraction of sp³-hybridized carbons (Fsp3) is 0.524. The lowest BCUT2D eigenvalue weighted by molar-refractivity contribution is 0.317. The number of aryl methyl sites for hydroxylation is 4. The molecule has 2 rings (SSSR count). The number of nitrogens with zero attached hydrogens (tertiary/aromatic N) is 3. The molecule has 1 atom stereocenters. The van der Waals surface area contributed by atoms with Crippen LogP contribution in [0.5, 0.6) is 5.75 Å². The second-order valence-corrected chi connectivity index (χ2v) is 7.09. The van der Waals surface area contributed by atoms with Crippen LogP contribution in [0.2, 0.25) is 0 Å². The molecular formula is C21H33N5O. The van der Waals surface area contributed by atoms with Gasteiger partial charge in [0.15, 0.2) is 5.96 Å². The van der Waals surface area contributed by atoms with Crippen molar-refractivity contribution in [3.63, 3.8) is 0 Å². The third-order valence-electron chi connectivity index (χ3n) is 4.83. The zero-order chi connectivity index (χ0) is 20.0. The number of para-hydroxylation sites is 1. The van der Waals surface area contributed by atoms with Crippen molar-refractivity contribution in [2.24, 2.45) is 12.0 Å². The summed E-state index contributed by atoms with van der Waals surface area (Å²) in [6.45, 7) is 11.7. The van der Waals surface area contributed by atoms with Crippen LogP contribution in [0, 0.1) is 27.7 Å². The average molecular weight is 372 g/mol. The molecule has 2 N–H and O–H groups in total. The Hall–Kier alpha value is -2.50. The molecule has 0 spiro atoms. The number of benzene rings is 1. The first kappa shape index (κ1) is 20.8. The SMILES string of the molecule is CN=C(NCCOc1c(C)cccc1C)NC(C)Cc1c(C)nn(C)c1C. The summed E-state index contributed by atoms with van der Waals surface area (Å²) in [6, 6.07) is 6.44. The number of nitrogens with one attached hydrogen (secondary N) is 2. The standard InChI is InChI=1S/C21H33N5O/c1-14-9-8-10-15(2)20(14)27-12-11-23-21(22-6)24-16(3)13-19-17(4)25-26(7)18(19)5/h8-10,16H,11-13H2,1-7H3,(H2,22,23,24). The smallest absolute Gasteiger partial charge is 0.191 e. The van der Waals surface area contributed by atoms with Crippen LogP contribution >= 0.6 is 0 Å². The van der Waals surface area contributed by atoms with E-state index in [1.54, 1.807) is 7.05 Å². The second kappa shape index (κ2) is 9.44. The second-order valence-electron chi connectivity index (χ2n) is 7.09. The third kappa shape index (κ3) is 5.49. The summed E-state index contributed by atoms with van der Waals surface area (Å²) in [7, 11) is 3.77. The largest absolute Gasteiger partial charge is 0.491 e. The number of rotatable bonds is 7. The first-order chi connectivity index (χ1) is 12.8. The van der Waals surface area contributed by atoms with Crippen molar-refractivity contribution in [3.8, 4) is 5.75 Å². The van der Waals surface area contributed by atoms with E-state index < -0.39 is 0 Å². The quantitative estimate of drug-likeness (QED) is 0.446. The van der Waals surface area contributed by atoms with Crippen molar-refractivity contribution < 1.29 is 4.74 Å². The van der Waals surface area contributed by atoms with Crippen LogP contribution in [0.15, 0.2) is 23.2 Å². The van der Waals surface area contributed by atoms with Gasteiger partial charge in [-0.05, 0) is 57.7 Å². The number of hydrogen-bond acceptors (Lipinski definition) is 3. The Balaban J connectivity index is 1.81. The van der Waals surface area contributed by atoms with Gasteiger partial charge in [0, 0.05) is 25.8 Å². The first-order valence-corrected chi connectivity index (χ1v) is 9.48. The van der Waals surface area contributed by atoms with E-state index in [0.717, 1.165) is 35.0 Å². The maximum absolute atomic E-state index is 5.94. The van der Waals surface area contributed by atoms with Gasteiger partial charge in [-0.1, -0.05) is 18.2 Å². The highest BCUT2D eigenvalue weighted by Crippen LogP contribution is 2.21. The number of hydrogen-bond donors (Lipinski definition) is 2. The highest BCUT2D eigenvalue weighted by Gasteiger charge is 2.14. The van der Waals surface area contributed by atoms with E-state index >= 15 is 0 Å². The molecule has 0 aliphatic carbocycles. The fourth-order valence-electron chi connectivity index (χ4n) is 3.25. The predicted octanol–water partition coefficient (Wildman–Crippen LogP) is 2.83. The molecule has 0 fully saturated rings. The maximum Gasteiger partial charge on any atom is 0.191 e. The topological polar surface area (TPSA) is 63.5 Å². The van der Waals surface area contributed by atoms with Crippen LogP contribution in [-0.4, -0.2) is 42.0 Å². The van der Waals surface area contributed by atoms with Crippen LogP contribution in [0.4, 0.5) is 0 Å². The molecule has 1 aromatic heterocycles. The Morgan fingerprint density at radius 1 is 1.22 bits per heavy atom. The molecule has 27 heavy (non-hydrogen) atoms. The lowest BCUT2D eigenvalue weighted by Crippen LogP contribution is -2.44. The Morgan fingerprint density at radius 2 is 1.89 bits per heavy atom. The highest BCUT2D eigenvalue weighted by molar-refractivity contribution is 5.79. The number of aliphatic imine (C=N–C) groups is 1. The van der Waals surface area contributed by atoms with Gasteiger partial charge in [0.05, 0.1) is 12.2 Å². The van der Waals surface area contributed by atoms with Gasteiger partial charge >= 0.3 is 0 Å². The molecule has 1 heterocycles.